The third-order valence-electron chi connectivity index (χ3n) is 6.38. The van der Waals surface area contributed by atoms with Gasteiger partial charge in [-0.05, 0) is 108 Å². The van der Waals surface area contributed by atoms with E-state index in [1.807, 2.05) is 0 Å². The Hall–Kier alpha value is -1.56. The maximum Gasteiger partial charge on any atom is -0.0109 e. The molecular formula is C26H38. The SMILES string of the molecule is Cc1c(C)c(C)c(-c2c(C(C)C)cc(C(C)C)cc2C(C)C)c(C)c1C. The smallest absolute Gasteiger partial charge is 0.0109 e. The van der Waals surface area contributed by atoms with Crippen LogP contribution in [0.3, 0.4) is 0 Å². The fourth-order valence-electron chi connectivity index (χ4n) is 4.12. The molecule has 2 aromatic rings. The van der Waals surface area contributed by atoms with Crippen LogP contribution in [0.5, 0.6) is 0 Å². The van der Waals surface area contributed by atoms with E-state index in [0.29, 0.717) is 17.8 Å². The zero-order valence-corrected chi connectivity index (χ0v) is 18.9. The van der Waals surface area contributed by atoms with Gasteiger partial charge < -0.3 is 0 Å². The maximum absolute atomic E-state index is 2.47. The molecule has 0 aliphatic heterocycles. The van der Waals surface area contributed by atoms with E-state index >= 15 is 0 Å². The molecule has 0 aliphatic rings. The lowest BCUT2D eigenvalue weighted by Gasteiger charge is -2.27. The molecule has 142 valence electrons. The van der Waals surface area contributed by atoms with Gasteiger partial charge >= 0.3 is 0 Å². The monoisotopic (exact) mass is 350 g/mol. The highest BCUT2D eigenvalue weighted by Crippen LogP contribution is 2.43. The molecule has 0 heterocycles. The van der Waals surface area contributed by atoms with E-state index in [-0.39, 0.29) is 0 Å². The predicted octanol–water partition coefficient (Wildman–Crippen LogP) is 8.27. The summed E-state index contributed by atoms with van der Waals surface area (Å²) in [7, 11) is 0. The molecule has 0 amide bonds. The summed E-state index contributed by atoms with van der Waals surface area (Å²) < 4.78 is 0. The van der Waals surface area contributed by atoms with Crippen LogP contribution in [0.15, 0.2) is 12.1 Å². The van der Waals surface area contributed by atoms with Crippen molar-refractivity contribution in [2.45, 2.75) is 93.9 Å². The van der Waals surface area contributed by atoms with Crippen molar-refractivity contribution in [3.8, 4) is 11.1 Å². The Kier molecular flexibility index (Phi) is 6.06. The summed E-state index contributed by atoms with van der Waals surface area (Å²) in [5, 5.41) is 0. The van der Waals surface area contributed by atoms with E-state index in [9.17, 15) is 0 Å². The molecule has 26 heavy (non-hydrogen) atoms. The van der Waals surface area contributed by atoms with E-state index in [2.05, 4.69) is 88.3 Å². The van der Waals surface area contributed by atoms with E-state index in [0.717, 1.165) is 0 Å². The highest BCUT2D eigenvalue weighted by Gasteiger charge is 2.23. The Balaban J connectivity index is 3.03. The Labute approximate surface area is 162 Å². The second-order valence-corrected chi connectivity index (χ2v) is 9.04. The molecule has 0 spiro atoms. The highest BCUT2D eigenvalue weighted by atomic mass is 14.3. The normalized spacial score (nSPS) is 11.9. The first-order valence-corrected chi connectivity index (χ1v) is 10.2. The van der Waals surface area contributed by atoms with Gasteiger partial charge in [-0.25, -0.2) is 0 Å². The van der Waals surface area contributed by atoms with Crippen molar-refractivity contribution in [3.63, 3.8) is 0 Å². The van der Waals surface area contributed by atoms with Crippen LogP contribution in [-0.2, 0) is 0 Å². The molecule has 0 atom stereocenters. The average Bonchev–Trinajstić information content (AvgIpc) is 2.57. The standard InChI is InChI=1S/C26H38/c1-14(2)22-12-23(15(3)4)26(24(13-22)16(5)6)25-20(10)18(8)17(7)19(9)21(25)11/h12-16H,1-11H3. The van der Waals surface area contributed by atoms with E-state index in [4.69, 9.17) is 0 Å². The number of hydrogen-bond donors (Lipinski definition) is 0. The maximum atomic E-state index is 2.47. The van der Waals surface area contributed by atoms with Gasteiger partial charge in [0, 0.05) is 0 Å². The van der Waals surface area contributed by atoms with Crippen LogP contribution in [0.25, 0.3) is 11.1 Å². The highest BCUT2D eigenvalue weighted by molar-refractivity contribution is 5.80. The van der Waals surface area contributed by atoms with E-state index in [1.165, 1.54) is 55.6 Å². The first-order valence-electron chi connectivity index (χ1n) is 10.2. The summed E-state index contributed by atoms with van der Waals surface area (Å²) >= 11 is 0. The predicted molar refractivity (Wildman–Crippen MR) is 118 cm³/mol. The van der Waals surface area contributed by atoms with Gasteiger partial charge in [0.15, 0.2) is 0 Å². The van der Waals surface area contributed by atoms with Crippen LogP contribution in [0, 0.1) is 34.6 Å². The third kappa shape index (κ3) is 3.48. The fraction of sp³-hybridized carbons (Fsp3) is 0.538. The lowest BCUT2D eigenvalue weighted by molar-refractivity contribution is 0.807. The minimum Gasteiger partial charge on any atom is -0.0587 e. The summed E-state index contributed by atoms with van der Waals surface area (Å²) in [4.78, 5) is 0. The quantitative estimate of drug-likeness (QED) is 0.520. The number of rotatable bonds is 4. The van der Waals surface area contributed by atoms with Crippen LogP contribution in [0.4, 0.5) is 0 Å². The van der Waals surface area contributed by atoms with Crippen molar-refractivity contribution in [1.29, 1.82) is 0 Å². The topological polar surface area (TPSA) is 0 Å². The lowest BCUT2D eigenvalue weighted by Crippen LogP contribution is -2.07. The molecule has 0 aliphatic carbocycles. The van der Waals surface area contributed by atoms with Gasteiger partial charge in [0.05, 0.1) is 0 Å². The molecule has 0 heteroatoms. The molecule has 0 saturated carbocycles. The van der Waals surface area contributed by atoms with Crippen LogP contribution < -0.4 is 0 Å². The van der Waals surface area contributed by atoms with E-state index < -0.39 is 0 Å². The van der Waals surface area contributed by atoms with Crippen molar-refractivity contribution < 1.29 is 0 Å². The Morgan fingerprint density at radius 3 is 1.12 bits per heavy atom. The second kappa shape index (κ2) is 7.59. The first-order chi connectivity index (χ1) is 12.0. The average molecular weight is 351 g/mol. The van der Waals surface area contributed by atoms with Crippen molar-refractivity contribution in [2.75, 3.05) is 0 Å². The molecule has 0 N–H and O–H groups in total. The van der Waals surface area contributed by atoms with Crippen LogP contribution in [-0.4, -0.2) is 0 Å². The molecule has 0 nitrogen and oxygen atoms in total. The molecular weight excluding hydrogens is 312 g/mol. The number of hydrogen-bond acceptors (Lipinski definition) is 0. The van der Waals surface area contributed by atoms with Gasteiger partial charge in [0.1, 0.15) is 0 Å². The van der Waals surface area contributed by atoms with E-state index in [1.54, 1.807) is 0 Å². The van der Waals surface area contributed by atoms with Crippen LogP contribution in [0.2, 0.25) is 0 Å². The van der Waals surface area contributed by atoms with Gasteiger partial charge in [-0.3, -0.25) is 0 Å². The Bertz CT molecular complexity index is 758. The Morgan fingerprint density at radius 2 is 0.808 bits per heavy atom. The summed E-state index contributed by atoms with van der Waals surface area (Å²) in [6.07, 6.45) is 0. The molecule has 2 rings (SSSR count). The molecule has 0 fully saturated rings. The second-order valence-electron chi connectivity index (χ2n) is 9.04. The fourth-order valence-corrected chi connectivity index (χ4v) is 4.12. The third-order valence-corrected chi connectivity index (χ3v) is 6.38. The number of benzene rings is 2. The van der Waals surface area contributed by atoms with Crippen LogP contribution in [0.1, 0.15) is 104 Å². The molecule has 0 saturated heterocycles. The molecule has 0 aromatic heterocycles. The van der Waals surface area contributed by atoms with Gasteiger partial charge in [0.2, 0.25) is 0 Å². The molecule has 0 radical (unpaired) electrons. The van der Waals surface area contributed by atoms with Crippen LogP contribution >= 0.6 is 0 Å². The van der Waals surface area contributed by atoms with Crippen molar-refractivity contribution in [2.24, 2.45) is 0 Å². The molecule has 0 bridgehead atoms. The van der Waals surface area contributed by atoms with Gasteiger partial charge in [-0.1, -0.05) is 53.7 Å². The minimum absolute atomic E-state index is 0.516. The molecule has 2 aromatic carbocycles. The van der Waals surface area contributed by atoms with Gasteiger partial charge in [-0.2, -0.15) is 0 Å². The first kappa shape index (κ1) is 20.7. The van der Waals surface area contributed by atoms with Crippen molar-refractivity contribution in [3.05, 3.63) is 56.6 Å². The lowest BCUT2D eigenvalue weighted by atomic mass is 9.77. The summed E-state index contributed by atoms with van der Waals surface area (Å²) in [6, 6.07) is 4.94. The Morgan fingerprint density at radius 1 is 0.462 bits per heavy atom. The van der Waals surface area contributed by atoms with Gasteiger partial charge in [-0.15, -0.1) is 0 Å². The summed E-state index contributed by atoms with van der Waals surface area (Å²) in [6.45, 7) is 25.4. The van der Waals surface area contributed by atoms with Crippen molar-refractivity contribution in [1.82, 2.24) is 0 Å². The molecule has 0 unspecified atom stereocenters. The summed E-state index contributed by atoms with van der Waals surface area (Å²) in [5.41, 5.74) is 14.7. The van der Waals surface area contributed by atoms with Crippen molar-refractivity contribution >= 4 is 0 Å². The zero-order valence-electron chi connectivity index (χ0n) is 18.9. The summed E-state index contributed by atoms with van der Waals surface area (Å²) in [5.74, 6) is 1.59. The zero-order chi connectivity index (χ0) is 19.9. The largest absolute Gasteiger partial charge is 0.0587 e. The minimum atomic E-state index is 0.516. The van der Waals surface area contributed by atoms with Gasteiger partial charge in [0.25, 0.3) is 0 Å².